The number of nitrogens with zero attached hydrogens (tertiary/aromatic N) is 2. The van der Waals surface area contributed by atoms with Crippen LogP contribution in [0.5, 0.6) is 0 Å². The zero-order valence-electron chi connectivity index (χ0n) is 8.09. The predicted molar refractivity (Wildman–Crippen MR) is 57.8 cm³/mol. The predicted octanol–water partition coefficient (Wildman–Crippen LogP) is 1.30. The maximum Gasteiger partial charge on any atom is 0.151 e. The molecule has 1 aliphatic heterocycles. The van der Waals surface area contributed by atoms with Crippen molar-refractivity contribution in [2.45, 2.75) is 0 Å². The summed E-state index contributed by atoms with van der Waals surface area (Å²) in [5.41, 5.74) is 1.88. The first-order valence-electron chi connectivity index (χ1n) is 4.66. The van der Waals surface area contributed by atoms with E-state index >= 15 is 0 Å². The topological polar surface area (TPSA) is 57.5 Å². The number of nitrogens with one attached hydrogen (secondary N) is 1. The lowest BCUT2D eigenvalue weighted by Gasteiger charge is -2.12. The molecule has 0 amide bonds. The second-order valence-corrected chi connectivity index (χ2v) is 3.05. The number of pyridine rings is 1. The van der Waals surface area contributed by atoms with E-state index in [2.05, 4.69) is 15.5 Å². The Bertz CT molecular complexity index is 421. The van der Waals surface area contributed by atoms with E-state index in [4.69, 9.17) is 5.21 Å². The summed E-state index contributed by atoms with van der Waals surface area (Å²) in [6.45, 7) is 0.734. The quantitative estimate of drug-likeness (QED) is 0.431. The van der Waals surface area contributed by atoms with E-state index in [-0.39, 0.29) is 0 Å². The largest absolute Gasteiger partial charge is 0.410 e. The third-order valence-electron chi connectivity index (χ3n) is 2.07. The highest BCUT2D eigenvalue weighted by Crippen LogP contribution is 2.06. The molecule has 0 saturated carbocycles. The van der Waals surface area contributed by atoms with Crippen molar-refractivity contribution in [3.8, 4) is 0 Å². The number of rotatable bonds is 2. The van der Waals surface area contributed by atoms with Crippen LogP contribution >= 0.6 is 0 Å². The minimum atomic E-state index is 0.458. The van der Waals surface area contributed by atoms with Crippen molar-refractivity contribution in [1.82, 2.24) is 10.3 Å². The van der Waals surface area contributed by atoms with Crippen molar-refractivity contribution in [3.05, 3.63) is 54.0 Å². The fourth-order valence-corrected chi connectivity index (χ4v) is 1.37. The van der Waals surface area contributed by atoms with Gasteiger partial charge in [0.05, 0.1) is 11.4 Å². The van der Waals surface area contributed by atoms with Gasteiger partial charge in [-0.2, -0.15) is 0 Å². The number of aromatic nitrogens is 1. The van der Waals surface area contributed by atoms with Crippen LogP contribution in [0.15, 0.2) is 53.5 Å². The Morgan fingerprint density at radius 1 is 1.47 bits per heavy atom. The van der Waals surface area contributed by atoms with Crippen molar-refractivity contribution in [3.63, 3.8) is 0 Å². The summed E-state index contributed by atoms with van der Waals surface area (Å²) in [6.07, 6.45) is 7.42. The Morgan fingerprint density at radius 2 is 2.40 bits per heavy atom. The third-order valence-corrected chi connectivity index (χ3v) is 2.07. The fraction of sp³-hybridized carbons (Fsp3) is 0.0909. The van der Waals surface area contributed by atoms with Gasteiger partial charge in [-0.3, -0.25) is 4.98 Å². The number of dihydropyridines is 1. The highest BCUT2D eigenvalue weighted by atomic mass is 16.4. The van der Waals surface area contributed by atoms with E-state index in [1.165, 1.54) is 0 Å². The summed E-state index contributed by atoms with van der Waals surface area (Å²) in [4.78, 5) is 4.13. The van der Waals surface area contributed by atoms with Gasteiger partial charge in [0.15, 0.2) is 5.71 Å². The molecule has 1 aromatic heterocycles. The van der Waals surface area contributed by atoms with Crippen LogP contribution < -0.4 is 5.32 Å². The minimum absolute atomic E-state index is 0.458. The zero-order valence-corrected chi connectivity index (χ0v) is 8.09. The van der Waals surface area contributed by atoms with Gasteiger partial charge in [-0.05, 0) is 18.2 Å². The molecule has 4 heteroatoms. The maximum absolute atomic E-state index is 8.97. The Hall–Kier alpha value is -2.10. The molecule has 0 bridgehead atoms. The SMILES string of the molecule is O/N=C(\C1=CC=CCN1)c1ccccn1. The highest BCUT2D eigenvalue weighted by Gasteiger charge is 2.11. The summed E-state index contributed by atoms with van der Waals surface area (Å²) in [5.74, 6) is 0. The van der Waals surface area contributed by atoms with Gasteiger partial charge in [-0.1, -0.05) is 23.4 Å². The van der Waals surface area contributed by atoms with Gasteiger partial charge in [-0.25, -0.2) is 0 Å². The molecule has 0 aliphatic carbocycles. The van der Waals surface area contributed by atoms with Crippen LogP contribution in [-0.4, -0.2) is 22.4 Å². The lowest BCUT2D eigenvalue weighted by atomic mass is 10.1. The number of oxime groups is 1. The highest BCUT2D eigenvalue weighted by molar-refractivity contribution is 6.10. The molecule has 1 aliphatic rings. The zero-order chi connectivity index (χ0) is 10.5. The molecule has 2 N–H and O–H groups in total. The first-order valence-corrected chi connectivity index (χ1v) is 4.66. The number of hydrogen-bond acceptors (Lipinski definition) is 4. The molecular formula is C11H11N3O. The van der Waals surface area contributed by atoms with Crippen LogP contribution in [0.1, 0.15) is 5.69 Å². The van der Waals surface area contributed by atoms with Gasteiger partial charge < -0.3 is 10.5 Å². The van der Waals surface area contributed by atoms with Gasteiger partial charge in [0, 0.05) is 12.7 Å². The second kappa shape index (κ2) is 4.41. The Morgan fingerprint density at radius 3 is 3.00 bits per heavy atom. The normalized spacial score (nSPS) is 15.7. The van der Waals surface area contributed by atoms with Gasteiger partial charge in [0.2, 0.25) is 0 Å². The number of allylic oxidation sites excluding steroid dienone is 3. The fourth-order valence-electron chi connectivity index (χ4n) is 1.37. The summed E-state index contributed by atoms with van der Waals surface area (Å²) >= 11 is 0. The van der Waals surface area contributed by atoms with Crippen molar-refractivity contribution in [2.24, 2.45) is 5.16 Å². The molecule has 2 heterocycles. The van der Waals surface area contributed by atoms with E-state index in [0.717, 1.165) is 12.2 Å². The molecule has 0 saturated heterocycles. The van der Waals surface area contributed by atoms with E-state index < -0.39 is 0 Å². The monoisotopic (exact) mass is 201 g/mol. The van der Waals surface area contributed by atoms with Gasteiger partial charge >= 0.3 is 0 Å². The number of hydrogen-bond donors (Lipinski definition) is 2. The van der Waals surface area contributed by atoms with Crippen LogP contribution in [0, 0.1) is 0 Å². The van der Waals surface area contributed by atoms with Gasteiger partial charge in [-0.15, -0.1) is 0 Å². The molecule has 76 valence electrons. The van der Waals surface area contributed by atoms with E-state index in [1.807, 2.05) is 30.4 Å². The maximum atomic E-state index is 8.97. The Labute approximate surface area is 87.6 Å². The Balaban J connectivity index is 2.33. The minimum Gasteiger partial charge on any atom is -0.410 e. The molecule has 0 fully saturated rings. The molecule has 0 radical (unpaired) electrons. The summed E-state index contributed by atoms with van der Waals surface area (Å²) < 4.78 is 0. The lowest BCUT2D eigenvalue weighted by Crippen LogP contribution is -2.23. The molecule has 1 aromatic rings. The van der Waals surface area contributed by atoms with Gasteiger partial charge in [0.1, 0.15) is 0 Å². The van der Waals surface area contributed by atoms with Crippen molar-refractivity contribution in [1.29, 1.82) is 0 Å². The first kappa shape index (κ1) is 9.45. The molecule has 15 heavy (non-hydrogen) atoms. The molecule has 4 nitrogen and oxygen atoms in total. The van der Waals surface area contributed by atoms with E-state index in [1.54, 1.807) is 12.3 Å². The van der Waals surface area contributed by atoms with Crippen LogP contribution in [-0.2, 0) is 0 Å². The Kier molecular flexibility index (Phi) is 2.78. The molecule has 0 atom stereocenters. The average molecular weight is 201 g/mol. The summed E-state index contributed by atoms with van der Waals surface area (Å²) in [6, 6.07) is 5.48. The van der Waals surface area contributed by atoms with Crippen LogP contribution in [0.25, 0.3) is 0 Å². The molecule has 0 aromatic carbocycles. The van der Waals surface area contributed by atoms with Crippen molar-refractivity contribution < 1.29 is 5.21 Å². The van der Waals surface area contributed by atoms with E-state index in [9.17, 15) is 0 Å². The lowest BCUT2D eigenvalue weighted by molar-refractivity contribution is 0.319. The average Bonchev–Trinajstić information content (AvgIpc) is 2.33. The third kappa shape index (κ3) is 2.04. The molecular weight excluding hydrogens is 190 g/mol. The first-order chi connectivity index (χ1) is 7.42. The van der Waals surface area contributed by atoms with Crippen LogP contribution in [0.2, 0.25) is 0 Å². The molecule has 2 rings (SSSR count). The van der Waals surface area contributed by atoms with E-state index in [0.29, 0.717) is 11.4 Å². The van der Waals surface area contributed by atoms with Crippen molar-refractivity contribution >= 4 is 5.71 Å². The standard InChI is InChI=1S/C11H11N3O/c15-14-11(9-5-1-3-7-12-9)10-6-2-4-8-13-10/h1-7,13,15H,8H2/b14-11-. The summed E-state index contributed by atoms with van der Waals surface area (Å²) in [5, 5.41) is 15.4. The summed E-state index contributed by atoms with van der Waals surface area (Å²) in [7, 11) is 0. The smallest absolute Gasteiger partial charge is 0.151 e. The van der Waals surface area contributed by atoms with Gasteiger partial charge in [0.25, 0.3) is 0 Å². The second-order valence-electron chi connectivity index (χ2n) is 3.05. The van der Waals surface area contributed by atoms with Crippen LogP contribution in [0.3, 0.4) is 0 Å². The molecule has 0 unspecified atom stereocenters. The molecule has 0 spiro atoms. The van der Waals surface area contributed by atoms with Crippen molar-refractivity contribution in [2.75, 3.05) is 6.54 Å². The van der Waals surface area contributed by atoms with Crippen LogP contribution in [0.4, 0.5) is 0 Å².